The summed E-state index contributed by atoms with van der Waals surface area (Å²) >= 11 is 0. The van der Waals surface area contributed by atoms with Crippen LogP contribution in [0, 0.1) is 0 Å². The highest BCUT2D eigenvalue weighted by Crippen LogP contribution is 2.52. The fourth-order valence-electron chi connectivity index (χ4n) is 11.0. The van der Waals surface area contributed by atoms with Crippen LogP contribution in [0.2, 0.25) is 0 Å². The van der Waals surface area contributed by atoms with Crippen LogP contribution in [0.5, 0.6) is 0 Å². The zero-order valence-corrected chi connectivity index (χ0v) is 40.9. The van der Waals surface area contributed by atoms with Crippen molar-refractivity contribution < 1.29 is 19.2 Å². The van der Waals surface area contributed by atoms with Gasteiger partial charge in [-0.15, -0.1) is 0 Å². The summed E-state index contributed by atoms with van der Waals surface area (Å²) in [6.45, 7) is 0. The number of ketones is 4. The van der Waals surface area contributed by atoms with Gasteiger partial charge >= 0.3 is 0 Å². The van der Waals surface area contributed by atoms with E-state index in [1.54, 1.807) is 72.8 Å². The fourth-order valence-corrected chi connectivity index (χ4v) is 11.0. The van der Waals surface area contributed by atoms with E-state index in [4.69, 9.17) is 0 Å². The second kappa shape index (κ2) is 19.0. The number of aromatic nitrogens is 2. The Morgan fingerprint density at radius 3 is 0.868 bits per heavy atom. The average molecular weight is 977 g/mol. The van der Waals surface area contributed by atoms with E-state index in [-0.39, 0.29) is 23.1 Å². The van der Waals surface area contributed by atoms with E-state index < -0.39 is 0 Å². The van der Waals surface area contributed by atoms with Crippen molar-refractivity contribution in [1.29, 1.82) is 0 Å². The minimum Gasteiger partial charge on any atom is -0.309 e. The van der Waals surface area contributed by atoms with Crippen molar-refractivity contribution in [3.8, 4) is 33.6 Å². The van der Waals surface area contributed by atoms with Crippen LogP contribution in [0.25, 0.3) is 77.2 Å². The standard InChI is InChI=1S/C70H44N2O4/c73-67(47-19-5-1-6-20-47)51-23-17-25-53(43-51)69(75)49-39-35-45(36-40-49)61-63-57-31-13-15-33-59(57)72(56-29-11-4-12-30-56)66(63)62(64-58-32-14-16-34-60(58)71(65(61)64)55-27-9-3-10-28-55)46-37-41-50(42-38-46)70(76)54-26-18-24-52(44-54)68(74)48-21-7-2-8-22-48/h1-44H. The molecule has 0 radical (unpaired) electrons. The first kappa shape index (κ1) is 45.6. The van der Waals surface area contributed by atoms with E-state index >= 15 is 0 Å². The Labute approximate surface area is 438 Å². The lowest BCUT2D eigenvalue weighted by atomic mass is 9.88. The molecule has 11 aromatic carbocycles. The number of carbonyl (C=O) groups is 4. The molecule has 0 aliphatic rings. The van der Waals surface area contributed by atoms with E-state index in [1.807, 2.05) is 97.1 Å². The molecule has 2 heterocycles. The molecule has 0 fully saturated rings. The first-order valence-electron chi connectivity index (χ1n) is 25.2. The van der Waals surface area contributed by atoms with Crippen LogP contribution in [-0.2, 0) is 0 Å². The molecular formula is C70H44N2O4. The number of hydrogen-bond acceptors (Lipinski definition) is 4. The van der Waals surface area contributed by atoms with Gasteiger partial charge in [0, 0.05) is 88.6 Å². The Kier molecular flexibility index (Phi) is 11.4. The Balaban J connectivity index is 1.04. The summed E-state index contributed by atoms with van der Waals surface area (Å²) in [5, 5.41) is 4.13. The van der Waals surface area contributed by atoms with Crippen molar-refractivity contribution in [2.24, 2.45) is 0 Å². The molecule has 0 atom stereocenters. The maximum atomic E-state index is 14.4. The minimum atomic E-state index is -0.186. The lowest BCUT2D eigenvalue weighted by Crippen LogP contribution is -2.06. The minimum absolute atomic E-state index is 0.144. The summed E-state index contributed by atoms with van der Waals surface area (Å²) in [4.78, 5) is 55.8. The number of hydrogen-bond donors (Lipinski definition) is 0. The van der Waals surface area contributed by atoms with Gasteiger partial charge in [0.2, 0.25) is 0 Å². The molecule has 2 aromatic heterocycles. The van der Waals surface area contributed by atoms with Crippen LogP contribution < -0.4 is 0 Å². The van der Waals surface area contributed by atoms with Crippen molar-refractivity contribution in [2.75, 3.05) is 0 Å². The van der Waals surface area contributed by atoms with E-state index in [0.29, 0.717) is 44.5 Å². The summed E-state index contributed by atoms with van der Waals surface area (Å²) in [5.41, 5.74) is 13.6. The zero-order chi connectivity index (χ0) is 51.3. The zero-order valence-electron chi connectivity index (χ0n) is 40.9. The van der Waals surface area contributed by atoms with Gasteiger partial charge < -0.3 is 9.13 Å². The van der Waals surface area contributed by atoms with Crippen LogP contribution in [-0.4, -0.2) is 32.3 Å². The third-order valence-corrected chi connectivity index (χ3v) is 14.5. The van der Waals surface area contributed by atoms with Crippen molar-refractivity contribution in [3.05, 3.63) is 311 Å². The van der Waals surface area contributed by atoms with Gasteiger partial charge in [0.1, 0.15) is 0 Å². The summed E-state index contributed by atoms with van der Waals surface area (Å²) in [6.07, 6.45) is 0. The maximum Gasteiger partial charge on any atom is 0.193 e. The summed E-state index contributed by atoms with van der Waals surface area (Å²) in [6, 6.07) is 85.7. The van der Waals surface area contributed by atoms with Gasteiger partial charge in [-0.25, -0.2) is 0 Å². The van der Waals surface area contributed by atoms with Crippen LogP contribution >= 0.6 is 0 Å². The van der Waals surface area contributed by atoms with Crippen LogP contribution in [0.15, 0.2) is 267 Å². The molecule has 6 heteroatoms. The molecule has 0 saturated heterocycles. The lowest BCUT2D eigenvalue weighted by Gasteiger charge is -2.19. The number of carbonyl (C=O) groups excluding carboxylic acids is 4. The highest BCUT2D eigenvalue weighted by atomic mass is 16.1. The third kappa shape index (κ3) is 7.75. The van der Waals surface area contributed by atoms with Gasteiger partial charge in [-0.05, 0) is 59.7 Å². The fraction of sp³-hybridized carbons (Fsp3) is 0. The Morgan fingerprint density at radius 1 is 0.250 bits per heavy atom. The molecular weight excluding hydrogens is 933 g/mol. The Bertz CT molecular complexity index is 4140. The van der Waals surface area contributed by atoms with E-state index in [2.05, 4.69) is 106 Å². The van der Waals surface area contributed by atoms with E-state index in [1.165, 1.54) is 0 Å². The molecule has 0 N–H and O–H groups in total. The second-order valence-electron chi connectivity index (χ2n) is 18.9. The summed E-state index contributed by atoms with van der Waals surface area (Å²) in [5.74, 6) is -0.660. The number of fused-ring (bicyclic) bond motifs is 6. The van der Waals surface area contributed by atoms with Gasteiger partial charge in [-0.3, -0.25) is 19.2 Å². The second-order valence-corrected chi connectivity index (χ2v) is 18.9. The quantitative estimate of drug-likeness (QED) is 0.114. The SMILES string of the molecule is O=C(c1ccccc1)c1cccc(C(=O)c2ccc(-c3c4c5ccccc5n(-c5ccccc5)c4c(-c4ccc(C(=O)c5cccc(C(=O)c6ccccc6)c5)cc4)c4c5ccccc5n(-c5ccccc5)c34)cc2)c1. The molecule has 13 aromatic rings. The molecule has 0 amide bonds. The predicted molar refractivity (Wildman–Crippen MR) is 305 cm³/mol. The van der Waals surface area contributed by atoms with Crippen molar-refractivity contribution in [3.63, 3.8) is 0 Å². The van der Waals surface area contributed by atoms with Gasteiger partial charge in [0.25, 0.3) is 0 Å². The van der Waals surface area contributed by atoms with Crippen molar-refractivity contribution in [2.45, 2.75) is 0 Å². The molecule has 0 aliphatic carbocycles. The summed E-state index contributed by atoms with van der Waals surface area (Å²) in [7, 11) is 0. The molecule has 0 bridgehead atoms. The largest absolute Gasteiger partial charge is 0.309 e. The molecule has 0 spiro atoms. The molecule has 0 saturated carbocycles. The Hall–Kier alpha value is -10.3. The van der Waals surface area contributed by atoms with Crippen molar-refractivity contribution >= 4 is 66.7 Å². The van der Waals surface area contributed by atoms with Crippen molar-refractivity contribution in [1.82, 2.24) is 9.13 Å². The van der Waals surface area contributed by atoms with E-state index in [0.717, 1.165) is 77.2 Å². The van der Waals surface area contributed by atoms with E-state index in [9.17, 15) is 19.2 Å². The van der Waals surface area contributed by atoms with Gasteiger partial charge in [-0.2, -0.15) is 0 Å². The monoisotopic (exact) mass is 976 g/mol. The maximum absolute atomic E-state index is 14.4. The molecule has 358 valence electrons. The van der Waals surface area contributed by atoms with Crippen LogP contribution in [0.1, 0.15) is 63.7 Å². The number of para-hydroxylation sites is 4. The van der Waals surface area contributed by atoms with Gasteiger partial charge in [0.15, 0.2) is 23.1 Å². The third-order valence-electron chi connectivity index (χ3n) is 14.5. The lowest BCUT2D eigenvalue weighted by molar-refractivity contribution is 0.102. The van der Waals surface area contributed by atoms with Crippen LogP contribution in [0.4, 0.5) is 0 Å². The topological polar surface area (TPSA) is 78.1 Å². The highest BCUT2D eigenvalue weighted by Gasteiger charge is 2.29. The number of benzene rings is 11. The van der Waals surface area contributed by atoms with Gasteiger partial charge in [-0.1, -0.05) is 218 Å². The molecule has 0 aliphatic heterocycles. The smallest absolute Gasteiger partial charge is 0.193 e. The molecule has 13 rings (SSSR count). The predicted octanol–water partition coefficient (Wildman–Crippen LogP) is 16.1. The number of nitrogens with zero attached hydrogens (tertiary/aromatic N) is 2. The molecule has 76 heavy (non-hydrogen) atoms. The van der Waals surface area contributed by atoms with Gasteiger partial charge in [0.05, 0.1) is 22.1 Å². The van der Waals surface area contributed by atoms with Crippen LogP contribution in [0.3, 0.4) is 0 Å². The first-order valence-corrected chi connectivity index (χ1v) is 25.2. The average Bonchev–Trinajstić information content (AvgIpc) is 4.04. The normalized spacial score (nSPS) is 11.4. The Morgan fingerprint density at radius 2 is 0.526 bits per heavy atom. The first-order chi connectivity index (χ1) is 37.4. The molecule has 0 unspecified atom stereocenters. The molecule has 6 nitrogen and oxygen atoms in total. The number of rotatable bonds is 12. The highest BCUT2D eigenvalue weighted by molar-refractivity contribution is 6.33. The summed E-state index contributed by atoms with van der Waals surface area (Å²) < 4.78 is 4.71.